The van der Waals surface area contributed by atoms with E-state index in [1.165, 1.54) is 4.88 Å². The summed E-state index contributed by atoms with van der Waals surface area (Å²) in [6.45, 7) is 7.78. The van der Waals surface area contributed by atoms with Gasteiger partial charge in [-0.05, 0) is 37.6 Å². The Bertz CT molecular complexity index is 698. The number of nitrogens with zero attached hydrogens (tertiary/aromatic N) is 2. The lowest BCUT2D eigenvalue weighted by Crippen LogP contribution is -2.39. The minimum Gasteiger partial charge on any atom is -0.496 e. The highest BCUT2D eigenvalue weighted by Gasteiger charge is 2.10. The van der Waals surface area contributed by atoms with Crippen LogP contribution in [0.4, 0.5) is 0 Å². The molecule has 0 bridgehead atoms. The third-order valence-electron chi connectivity index (χ3n) is 4.14. The highest BCUT2D eigenvalue weighted by molar-refractivity contribution is 7.09. The largest absolute Gasteiger partial charge is 0.496 e. The van der Waals surface area contributed by atoms with Gasteiger partial charge in [0.15, 0.2) is 5.96 Å². The number of ether oxygens (including phenoxy) is 1. The van der Waals surface area contributed by atoms with Gasteiger partial charge in [0.25, 0.3) is 0 Å². The van der Waals surface area contributed by atoms with Crippen LogP contribution in [0.5, 0.6) is 5.75 Å². The first kappa shape index (κ1) is 19.2. The van der Waals surface area contributed by atoms with E-state index in [-0.39, 0.29) is 0 Å². The summed E-state index contributed by atoms with van der Waals surface area (Å²) in [5.41, 5.74) is 3.09. The summed E-state index contributed by atoms with van der Waals surface area (Å²) >= 11 is 1.81. The smallest absolute Gasteiger partial charge is 0.191 e. The van der Waals surface area contributed by atoms with Gasteiger partial charge in [0.2, 0.25) is 0 Å². The lowest BCUT2D eigenvalue weighted by atomic mass is 10.1. The first-order valence-corrected chi connectivity index (χ1v) is 9.39. The summed E-state index contributed by atoms with van der Waals surface area (Å²) in [4.78, 5) is 10.2. The molecule has 1 unspecified atom stereocenters. The molecule has 0 aromatic carbocycles. The lowest BCUT2D eigenvalue weighted by molar-refractivity contribution is 0.406. The highest BCUT2D eigenvalue weighted by Crippen LogP contribution is 2.23. The summed E-state index contributed by atoms with van der Waals surface area (Å²) in [5.74, 6) is 2.23. The Labute approximate surface area is 154 Å². The maximum Gasteiger partial charge on any atom is 0.191 e. The Morgan fingerprint density at radius 2 is 2.16 bits per heavy atom. The van der Waals surface area contributed by atoms with E-state index in [0.717, 1.165) is 41.5 Å². The molecule has 0 aliphatic rings. The normalized spacial score (nSPS) is 12.8. The minimum atomic E-state index is 0.538. The molecular weight excluding hydrogens is 332 g/mol. The fourth-order valence-corrected chi connectivity index (χ4v) is 3.62. The van der Waals surface area contributed by atoms with Crippen molar-refractivity contribution in [3.05, 3.63) is 45.4 Å². The molecule has 5 nitrogen and oxygen atoms in total. The van der Waals surface area contributed by atoms with Crippen molar-refractivity contribution in [2.75, 3.05) is 20.7 Å². The van der Waals surface area contributed by atoms with Gasteiger partial charge in [-0.1, -0.05) is 13.0 Å². The molecule has 0 spiro atoms. The van der Waals surface area contributed by atoms with Crippen LogP contribution in [-0.4, -0.2) is 31.6 Å². The second kappa shape index (κ2) is 9.42. The Morgan fingerprint density at radius 3 is 2.80 bits per heavy atom. The maximum absolute atomic E-state index is 5.47. The average molecular weight is 361 g/mol. The summed E-state index contributed by atoms with van der Waals surface area (Å²) in [5, 5.41) is 8.86. The molecule has 2 aromatic rings. The molecule has 2 N–H and O–H groups in total. The number of hydrogen-bond donors (Lipinski definition) is 2. The van der Waals surface area contributed by atoms with Crippen molar-refractivity contribution < 1.29 is 4.74 Å². The molecule has 0 aliphatic heterocycles. The van der Waals surface area contributed by atoms with Crippen LogP contribution in [0.3, 0.4) is 0 Å². The van der Waals surface area contributed by atoms with Crippen molar-refractivity contribution in [3.63, 3.8) is 0 Å². The molecule has 0 aliphatic carbocycles. The van der Waals surface area contributed by atoms with Crippen LogP contribution < -0.4 is 15.4 Å². The lowest BCUT2D eigenvalue weighted by Gasteiger charge is -2.17. The number of aromatic nitrogens is 1. The molecule has 0 saturated carbocycles. The van der Waals surface area contributed by atoms with Gasteiger partial charge in [-0.3, -0.25) is 9.98 Å². The van der Waals surface area contributed by atoms with Gasteiger partial charge in [0.1, 0.15) is 5.75 Å². The minimum absolute atomic E-state index is 0.538. The van der Waals surface area contributed by atoms with Crippen LogP contribution in [0, 0.1) is 19.8 Å². The van der Waals surface area contributed by atoms with Crippen molar-refractivity contribution in [3.8, 4) is 5.75 Å². The van der Waals surface area contributed by atoms with Crippen molar-refractivity contribution >= 4 is 17.3 Å². The number of thiophene rings is 1. The molecule has 0 saturated heterocycles. The molecule has 136 valence electrons. The van der Waals surface area contributed by atoms with Crippen LogP contribution in [0.25, 0.3) is 0 Å². The van der Waals surface area contributed by atoms with E-state index in [9.17, 15) is 0 Å². The van der Waals surface area contributed by atoms with E-state index in [0.29, 0.717) is 12.5 Å². The molecule has 25 heavy (non-hydrogen) atoms. The number of aryl methyl sites for hydroxylation is 1. The number of pyridine rings is 1. The van der Waals surface area contributed by atoms with Crippen molar-refractivity contribution in [1.82, 2.24) is 15.6 Å². The monoisotopic (exact) mass is 360 g/mol. The van der Waals surface area contributed by atoms with E-state index >= 15 is 0 Å². The number of nitrogens with one attached hydrogen (secondary N) is 2. The van der Waals surface area contributed by atoms with E-state index < -0.39 is 0 Å². The summed E-state index contributed by atoms with van der Waals surface area (Å²) in [7, 11) is 3.48. The molecular formula is C19H28N4OS. The second-order valence-electron chi connectivity index (χ2n) is 6.24. The number of aliphatic imine (C=N–C) groups is 1. The molecule has 0 fully saturated rings. The third kappa shape index (κ3) is 5.46. The Kier molecular flexibility index (Phi) is 7.25. The van der Waals surface area contributed by atoms with E-state index in [2.05, 4.69) is 45.0 Å². The zero-order chi connectivity index (χ0) is 18.2. The highest BCUT2D eigenvalue weighted by atomic mass is 32.1. The van der Waals surface area contributed by atoms with Gasteiger partial charge in [0, 0.05) is 35.8 Å². The van der Waals surface area contributed by atoms with Gasteiger partial charge < -0.3 is 15.4 Å². The van der Waals surface area contributed by atoms with Gasteiger partial charge in [0.05, 0.1) is 19.3 Å². The van der Waals surface area contributed by atoms with Crippen molar-refractivity contribution in [2.45, 2.75) is 33.7 Å². The number of hydrogen-bond acceptors (Lipinski definition) is 4. The van der Waals surface area contributed by atoms with E-state index in [1.807, 2.05) is 31.4 Å². The molecule has 2 rings (SSSR count). The fourth-order valence-electron chi connectivity index (χ4n) is 2.75. The van der Waals surface area contributed by atoms with Crippen LogP contribution in [0.1, 0.15) is 28.6 Å². The number of methoxy groups -OCH3 is 1. The standard InChI is InChI=1S/C19H28N4OS/c1-13(9-16-7-6-8-25-16)10-22-19(20-4)23-12-17-15(3)18(24-5)14(2)11-21-17/h6-8,11,13H,9-10,12H2,1-5H3,(H2,20,22,23). The zero-order valence-electron chi connectivity index (χ0n) is 15.7. The van der Waals surface area contributed by atoms with Crippen molar-refractivity contribution in [1.29, 1.82) is 0 Å². The van der Waals surface area contributed by atoms with E-state index in [1.54, 1.807) is 14.2 Å². The topological polar surface area (TPSA) is 58.5 Å². The molecule has 2 heterocycles. The van der Waals surface area contributed by atoms with Crippen molar-refractivity contribution in [2.24, 2.45) is 10.9 Å². The van der Waals surface area contributed by atoms with Crippen LogP contribution >= 0.6 is 11.3 Å². The Hall–Kier alpha value is -2.08. The van der Waals surface area contributed by atoms with E-state index in [4.69, 9.17) is 4.74 Å². The SMILES string of the molecule is CN=C(NCc1ncc(C)c(OC)c1C)NCC(C)Cc1cccs1. The van der Waals surface area contributed by atoms with Crippen LogP contribution in [0.2, 0.25) is 0 Å². The predicted octanol–water partition coefficient (Wildman–Crippen LogP) is 3.31. The molecule has 6 heteroatoms. The zero-order valence-corrected chi connectivity index (χ0v) is 16.5. The first-order chi connectivity index (χ1) is 12.0. The summed E-state index contributed by atoms with van der Waals surface area (Å²) in [6.07, 6.45) is 2.93. The summed E-state index contributed by atoms with van der Waals surface area (Å²) < 4.78 is 5.47. The number of rotatable bonds is 7. The third-order valence-corrected chi connectivity index (χ3v) is 5.04. The van der Waals surface area contributed by atoms with Gasteiger partial charge in [-0.15, -0.1) is 11.3 Å². The van der Waals surface area contributed by atoms with Gasteiger partial charge in [-0.25, -0.2) is 0 Å². The number of guanidine groups is 1. The van der Waals surface area contributed by atoms with Gasteiger partial charge in [-0.2, -0.15) is 0 Å². The predicted molar refractivity (Wildman–Crippen MR) is 106 cm³/mol. The average Bonchev–Trinajstić information content (AvgIpc) is 3.10. The first-order valence-electron chi connectivity index (χ1n) is 8.51. The second-order valence-corrected chi connectivity index (χ2v) is 7.27. The Morgan fingerprint density at radius 1 is 1.36 bits per heavy atom. The quantitative estimate of drug-likeness (QED) is 0.587. The molecule has 0 amide bonds. The molecule has 0 radical (unpaired) electrons. The maximum atomic E-state index is 5.47. The fraction of sp³-hybridized carbons (Fsp3) is 0.474. The Balaban J connectivity index is 1.86. The van der Waals surface area contributed by atoms with Gasteiger partial charge >= 0.3 is 0 Å². The molecule has 2 aromatic heterocycles. The van der Waals surface area contributed by atoms with Crippen LogP contribution in [-0.2, 0) is 13.0 Å². The molecule has 1 atom stereocenters. The summed E-state index contributed by atoms with van der Waals surface area (Å²) in [6, 6.07) is 4.29. The van der Waals surface area contributed by atoms with Crippen LogP contribution in [0.15, 0.2) is 28.7 Å².